The molecular formula is C18H22FN5O. The number of nitrogens with zero attached hydrogens (tertiary/aromatic N) is 5. The molecule has 1 aromatic carbocycles. The molecule has 2 heterocycles. The van der Waals surface area contributed by atoms with Gasteiger partial charge in [-0.15, -0.1) is 0 Å². The zero-order chi connectivity index (χ0) is 18.1. The molecule has 0 bridgehead atoms. The standard InChI is InChI=1S/C18H22FN5O/c1-12-10-22(3)11-13(2)23(12)18(25)24-17(4-5-21-24)15-6-14(9-20)7-16(19)8-15/h5-8,12-13,17H,4,10-11H2,1-3H3/t12-,13+,17-/m0/s1. The summed E-state index contributed by atoms with van der Waals surface area (Å²) in [7, 11) is 2.04. The largest absolute Gasteiger partial charge is 0.341 e. The molecule has 3 rings (SSSR count). The van der Waals surface area contributed by atoms with Crippen LogP contribution in [0.15, 0.2) is 23.3 Å². The van der Waals surface area contributed by atoms with Crippen molar-refractivity contribution in [3.8, 4) is 6.07 Å². The number of hydrogen-bond donors (Lipinski definition) is 0. The lowest BCUT2D eigenvalue weighted by Crippen LogP contribution is -2.59. The molecule has 0 aromatic heterocycles. The lowest BCUT2D eigenvalue weighted by molar-refractivity contribution is 0.0538. The van der Waals surface area contributed by atoms with E-state index in [4.69, 9.17) is 5.26 Å². The summed E-state index contributed by atoms with van der Waals surface area (Å²) in [5.74, 6) is -0.477. The van der Waals surface area contributed by atoms with Crippen LogP contribution in [0, 0.1) is 17.1 Å². The molecule has 0 saturated carbocycles. The Balaban J connectivity index is 1.86. The number of amides is 2. The van der Waals surface area contributed by atoms with E-state index < -0.39 is 5.82 Å². The van der Waals surface area contributed by atoms with Crippen LogP contribution in [0.3, 0.4) is 0 Å². The second-order valence-corrected chi connectivity index (χ2v) is 6.89. The van der Waals surface area contributed by atoms with Crippen LogP contribution in [0.25, 0.3) is 0 Å². The van der Waals surface area contributed by atoms with Gasteiger partial charge in [0.2, 0.25) is 0 Å². The molecule has 0 aliphatic carbocycles. The third-order valence-corrected chi connectivity index (χ3v) is 4.78. The maximum atomic E-state index is 13.8. The molecule has 3 atom stereocenters. The van der Waals surface area contributed by atoms with Crippen LogP contribution in [-0.4, -0.2) is 59.3 Å². The Labute approximate surface area is 147 Å². The molecule has 1 saturated heterocycles. The second-order valence-electron chi connectivity index (χ2n) is 6.89. The van der Waals surface area contributed by atoms with E-state index in [0.717, 1.165) is 13.1 Å². The summed E-state index contributed by atoms with van der Waals surface area (Å²) >= 11 is 0. The Bertz CT molecular complexity index is 731. The second kappa shape index (κ2) is 6.81. The number of hydrogen-bond acceptors (Lipinski definition) is 4. The van der Waals surface area contributed by atoms with Crippen molar-refractivity contribution in [2.45, 2.75) is 38.4 Å². The van der Waals surface area contributed by atoms with Crippen molar-refractivity contribution in [2.75, 3.05) is 20.1 Å². The molecule has 2 aliphatic rings. The summed E-state index contributed by atoms with van der Waals surface area (Å²) < 4.78 is 13.8. The third-order valence-electron chi connectivity index (χ3n) is 4.78. The van der Waals surface area contributed by atoms with Gasteiger partial charge < -0.3 is 9.80 Å². The van der Waals surface area contributed by atoms with Gasteiger partial charge in [-0.05, 0) is 44.7 Å². The first kappa shape index (κ1) is 17.4. The highest BCUT2D eigenvalue weighted by Gasteiger charge is 2.38. The Morgan fingerprint density at radius 2 is 1.96 bits per heavy atom. The highest BCUT2D eigenvalue weighted by atomic mass is 19.1. The van der Waals surface area contributed by atoms with Crippen LogP contribution in [0.4, 0.5) is 9.18 Å². The first-order valence-corrected chi connectivity index (χ1v) is 8.43. The van der Waals surface area contributed by atoms with E-state index in [2.05, 4.69) is 10.0 Å². The van der Waals surface area contributed by atoms with Crippen LogP contribution >= 0.6 is 0 Å². The normalized spacial score (nSPS) is 26.8. The van der Waals surface area contributed by atoms with Gasteiger partial charge >= 0.3 is 6.03 Å². The predicted molar refractivity (Wildman–Crippen MR) is 92.5 cm³/mol. The number of carbonyl (C=O) groups excluding carboxylic acids is 1. The zero-order valence-corrected chi connectivity index (χ0v) is 14.7. The molecule has 25 heavy (non-hydrogen) atoms. The number of rotatable bonds is 1. The topological polar surface area (TPSA) is 62.9 Å². The molecule has 0 spiro atoms. The maximum Gasteiger partial charge on any atom is 0.341 e. The Kier molecular flexibility index (Phi) is 4.73. The summed E-state index contributed by atoms with van der Waals surface area (Å²) in [4.78, 5) is 17.2. The molecule has 7 heteroatoms. The average Bonchev–Trinajstić information content (AvgIpc) is 3.02. The van der Waals surface area contributed by atoms with Gasteiger partial charge in [-0.25, -0.2) is 14.2 Å². The van der Waals surface area contributed by atoms with Crippen LogP contribution in [0.2, 0.25) is 0 Å². The molecule has 0 unspecified atom stereocenters. The molecule has 1 aromatic rings. The predicted octanol–water partition coefficient (Wildman–Crippen LogP) is 2.57. The number of benzene rings is 1. The monoisotopic (exact) mass is 343 g/mol. The quantitative estimate of drug-likeness (QED) is 0.787. The molecule has 6 nitrogen and oxygen atoms in total. The smallest absolute Gasteiger partial charge is 0.315 e. The number of piperazine rings is 1. The van der Waals surface area contributed by atoms with Gasteiger partial charge in [0.15, 0.2) is 0 Å². The highest BCUT2D eigenvalue weighted by molar-refractivity contribution is 5.79. The van der Waals surface area contributed by atoms with Gasteiger partial charge in [0, 0.05) is 37.8 Å². The Morgan fingerprint density at radius 1 is 1.28 bits per heavy atom. The first-order chi connectivity index (χ1) is 11.9. The van der Waals surface area contributed by atoms with Crippen molar-refractivity contribution in [3.63, 3.8) is 0 Å². The van der Waals surface area contributed by atoms with E-state index in [9.17, 15) is 9.18 Å². The van der Waals surface area contributed by atoms with Crippen LogP contribution < -0.4 is 0 Å². The summed E-state index contributed by atoms with van der Waals surface area (Å²) in [5.41, 5.74) is 0.840. The summed E-state index contributed by atoms with van der Waals surface area (Å²) in [6.07, 6.45) is 2.18. The van der Waals surface area contributed by atoms with E-state index in [1.165, 1.54) is 17.1 Å². The molecule has 132 valence electrons. The molecule has 0 radical (unpaired) electrons. The van der Waals surface area contributed by atoms with Crippen LogP contribution in [-0.2, 0) is 0 Å². The molecule has 2 aliphatic heterocycles. The fourth-order valence-corrected chi connectivity index (χ4v) is 3.83. The van der Waals surface area contributed by atoms with Crippen molar-refractivity contribution in [2.24, 2.45) is 5.10 Å². The number of nitriles is 1. The van der Waals surface area contributed by atoms with Gasteiger partial charge in [0.05, 0.1) is 17.7 Å². The lowest BCUT2D eigenvalue weighted by Gasteiger charge is -2.44. The number of carbonyl (C=O) groups is 1. The lowest BCUT2D eigenvalue weighted by atomic mass is 10.0. The average molecular weight is 343 g/mol. The van der Waals surface area contributed by atoms with Gasteiger partial charge in [-0.3, -0.25) is 0 Å². The minimum atomic E-state index is -0.477. The van der Waals surface area contributed by atoms with E-state index in [-0.39, 0.29) is 29.7 Å². The minimum absolute atomic E-state index is 0.0693. The summed E-state index contributed by atoms with van der Waals surface area (Å²) in [6, 6.07) is 5.73. The van der Waals surface area contributed by atoms with Crippen molar-refractivity contribution in [1.82, 2.24) is 14.8 Å². The van der Waals surface area contributed by atoms with Gasteiger partial charge in [0.25, 0.3) is 0 Å². The molecule has 2 amide bonds. The number of likely N-dealkylation sites (N-methyl/N-ethyl adjacent to an activating group) is 1. The fourth-order valence-electron chi connectivity index (χ4n) is 3.83. The van der Waals surface area contributed by atoms with Gasteiger partial charge in [-0.1, -0.05) is 0 Å². The van der Waals surface area contributed by atoms with Gasteiger partial charge in [0.1, 0.15) is 5.82 Å². The molecular weight excluding hydrogens is 321 g/mol. The van der Waals surface area contributed by atoms with Crippen LogP contribution in [0.5, 0.6) is 0 Å². The zero-order valence-electron chi connectivity index (χ0n) is 14.7. The summed E-state index contributed by atoms with van der Waals surface area (Å²) in [5, 5.41) is 14.7. The number of hydrazone groups is 1. The van der Waals surface area contributed by atoms with Crippen molar-refractivity contribution in [1.29, 1.82) is 5.26 Å². The SMILES string of the molecule is C[C@@H]1CN(C)C[C@H](C)N1C(=O)N1N=CC[C@H]1c1cc(F)cc(C#N)c1. The number of urea groups is 1. The third kappa shape index (κ3) is 3.35. The Hall–Kier alpha value is -2.46. The first-order valence-electron chi connectivity index (χ1n) is 8.43. The highest BCUT2D eigenvalue weighted by Crippen LogP contribution is 2.31. The fraction of sp³-hybridized carbons (Fsp3) is 0.500. The van der Waals surface area contributed by atoms with Crippen LogP contribution in [0.1, 0.15) is 37.4 Å². The van der Waals surface area contributed by atoms with E-state index in [1.54, 1.807) is 12.3 Å². The molecule has 0 N–H and O–H groups in total. The van der Waals surface area contributed by atoms with Crippen molar-refractivity contribution < 1.29 is 9.18 Å². The molecule has 1 fully saturated rings. The minimum Gasteiger partial charge on any atom is -0.315 e. The maximum absolute atomic E-state index is 13.8. The van der Waals surface area contributed by atoms with Crippen molar-refractivity contribution >= 4 is 12.2 Å². The number of halogens is 1. The van der Waals surface area contributed by atoms with Gasteiger partial charge in [-0.2, -0.15) is 10.4 Å². The van der Waals surface area contributed by atoms with E-state index >= 15 is 0 Å². The van der Waals surface area contributed by atoms with E-state index in [1.807, 2.05) is 31.9 Å². The van der Waals surface area contributed by atoms with Crippen molar-refractivity contribution in [3.05, 3.63) is 35.1 Å². The Morgan fingerprint density at radius 3 is 2.60 bits per heavy atom. The summed E-state index contributed by atoms with van der Waals surface area (Å²) in [6.45, 7) is 5.65. The van der Waals surface area contributed by atoms with E-state index in [0.29, 0.717) is 12.0 Å².